The molecule has 0 amide bonds. The number of hydrogen-bond acceptors (Lipinski definition) is 2. The summed E-state index contributed by atoms with van der Waals surface area (Å²) in [5, 5.41) is 10.0. The van der Waals surface area contributed by atoms with Gasteiger partial charge in [0.05, 0.1) is 5.52 Å². The Bertz CT molecular complexity index is 957. The Morgan fingerprint density at radius 1 is 1.15 bits per heavy atom. The molecule has 1 N–H and O–H groups in total. The van der Waals surface area contributed by atoms with Crippen LogP contribution in [0.3, 0.4) is 0 Å². The average Bonchev–Trinajstić information content (AvgIpc) is 2.97. The number of benzene rings is 2. The fraction of sp³-hybridized carbons (Fsp3) is 0.318. The van der Waals surface area contributed by atoms with Crippen LogP contribution < -0.4 is 4.74 Å². The zero-order valence-corrected chi connectivity index (χ0v) is 15.0. The van der Waals surface area contributed by atoms with E-state index in [4.69, 9.17) is 9.84 Å². The lowest BCUT2D eigenvalue weighted by atomic mass is 9.89. The van der Waals surface area contributed by atoms with Crippen LogP contribution in [0.25, 0.3) is 10.9 Å². The van der Waals surface area contributed by atoms with Gasteiger partial charge in [-0.2, -0.15) is 0 Å². The molecule has 3 aromatic rings. The molecule has 0 bridgehead atoms. The number of aryl methyl sites for hydroxylation is 3. The zero-order chi connectivity index (χ0) is 18.1. The van der Waals surface area contributed by atoms with E-state index in [0.717, 1.165) is 24.8 Å². The van der Waals surface area contributed by atoms with E-state index in [9.17, 15) is 4.79 Å². The van der Waals surface area contributed by atoms with Gasteiger partial charge in [0.25, 0.3) is 0 Å². The van der Waals surface area contributed by atoms with Crippen LogP contribution in [0.1, 0.15) is 35.2 Å². The highest BCUT2D eigenvalue weighted by molar-refractivity contribution is 5.92. The maximum atomic E-state index is 11.0. The van der Waals surface area contributed by atoms with E-state index >= 15 is 0 Å². The Morgan fingerprint density at radius 3 is 2.69 bits per heavy atom. The Kier molecular flexibility index (Phi) is 4.41. The number of fused-ring (bicyclic) bond motifs is 3. The van der Waals surface area contributed by atoms with Crippen LogP contribution in [0.2, 0.25) is 0 Å². The van der Waals surface area contributed by atoms with Gasteiger partial charge in [-0.05, 0) is 61.4 Å². The monoisotopic (exact) mass is 349 g/mol. The molecule has 0 spiro atoms. The van der Waals surface area contributed by atoms with Crippen molar-refractivity contribution in [1.29, 1.82) is 0 Å². The molecule has 0 aliphatic heterocycles. The van der Waals surface area contributed by atoms with Crippen molar-refractivity contribution in [3.8, 4) is 5.75 Å². The Morgan fingerprint density at radius 2 is 1.92 bits per heavy atom. The van der Waals surface area contributed by atoms with Gasteiger partial charge in [0, 0.05) is 17.6 Å². The standard InChI is InChI=1S/C22H23NO3/c1-15-11-19-20(26-14-21(24)25)12-17-9-5-6-10-18(17)22(19)23(15)13-16-7-3-2-4-8-16/h2-4,7-8,11-12H,5-6,9-10,13-14H2,1H3,(H,24,25). The quantitative estimate of drug-likeness (QED) is 0.745. The first kappa shape index (κ1) is 16.7. The molecule has 4 nitrogen and oxygen atoms in total. The highest BCUT2D eigenvalue weighted by Gasteiger charge is 2.21. The molecule has 26 heavy (non-hydrogen) atoms. The normalized spacial score (nSPS) is 13.6. The predicted molar refractivity (Wildman–Crippen MR) is 102 cm³/mol. The van der Waals surface area contributed by atoms with Gasteiger partial charge in [-0.25, -0.2) is 4.79 Å². The van der Waals surface area contributed by atoms with Crippen molar-refractivity contribution >= 4 is 16.9 Å². The number of hydrogen-bond donors (Lipinski definition) is 1. The molecule has 0 saturated carbocycles. The number of nitrogens with zero attached hydrogens (tertiary/aromatic N) is 1. The second kappa shape index (κ2) is 6.87. The lowest BCUT2D eigenvalue weighted by Crippen LogP contribution is -2.12. The first-order chi connectivity index (χ1) is 12.6. The highest BCUT2D eigenvalue weighted by atomic mass is 16.5. The van der Waals surface area contributed by atoms with Gasteiger partial charge in [-0.3, -0.25) is 0 Å². The number of carbonyl (C=O) groups is 1. The average molecular weight is 349 g/mol. The second-order valence-electron chi connectivity index (χ2n) is 7.02. The molecule has 0 atom stereocenters. The highest BCUT2D eigenvalue weighted by Crippen LogP contribution is 2.38. The van der Waals surface area contributed by atoms with Crippen LogP contribution in [0.5, 0.6) is 5.75 Å². The topological polar surface area (TPSA) is 51.5 Å². The minimum absolute atomic E-state index is 0.309. The summed E-state index contributed by atoms with van der Waals surface area (Å²) in [6.07, 6.45) is 4.48. The van der Waals surface area contributed by atoms with Crippen molar-refractivity contribution in [3.05, 3.63) is 64.8 Å². The number of aromatic nitrogens is 1. The number of ether oxygens (including phenoxy) is 1. The van der Waals surface area contributed by atoms with E-state index in [1.54, 1.807) is 0 Å². The van der Waals surface area contributed by atoms with E-state index in [2.05, 4.69) is 47.9 Å². The molecule has 4 heteroatoms. The number of carboxylic acid groups (broad SMARTS) is 1. The van der Waals surface area contributed by atoms with Crippen molar-refractivity contribution in [1.82, 2.24) is 4.57 Å². The van der Waals surface area contributed by atoms with E-state index in [1.807, 2.05) is 6.07 Å². The molecular formula is C22H23NO3. The summed E-state index contributed by atoms with van der Waals surface area (Å²) in [6.45, 7) is 2.61. The summed E-state index contributed by atoms with van der Waals surface area (Å²) in [6, 6.07) is 14.6. The van der Waals surface area contributed by atoms with E-state index in [-0.39, 0.29) is 6.61 Å². The fourth-order valence-electron chi connectivity index (χ4n) is 4.01. The summed E-state index contributed by atoms with van der Waals surface area (Å²) in [4.78, 5) is 11.0. The molecule has 0 radical (unpaired) electrons. The molecule has 0 unspecified atom stereocenters. The Balaban J connectivity index is 1.87. The van der Waals surface area contributed by atoms with Crippen molar-refractivity contribution < 1.29 is 14.6 Å². The minimum Gasteiger partial charge on any atom is -0.481 e. The van der Waals surface area contributed by atoms with Gasteiger partial charge in [0.15, 0.2) is 6.61 Å². The zero-order valence-electron chi connectivity index (χ0n) is 15.0. The van der Waals surface area contributed by atoms with E-state index in [0.29, 0.717) is 5.75 Å². The van der Waals surface area contributed by atoms with Crippen molar-refractivity contribution in [3.63, 3.8) is 0 Å². The fourth-order valence-corrected chi connectivity index (χ4v) is 4.01. The third kappa shape index (κ3) is 3.07. The van der Waals surface area contributed by atoms with Crippen LogP contribution in [0.15, 0.2) is 42.5 Å². The van der Waals surface area contributed by atoms with Crippen molar-refractivity contribution in [2.75, 3.05) is 6.61 Å². The van der Waals surface area contributed by atoms with E-state index < -0.39 is 5.97 Å². The predicted octanol–water partition coefficient (Wildman–Crippen LogP) is 4.34. The Labute approximate surface area is 153 Å². The number of carboxylic acids is 1. The summed E-state index contributed by atoms with van der Waals surface area (Å²) in [5.41, 5.74) is 6.34. The summed E-state index contributed by atoms with van der Waals surface area (Å²) in [7, 11) is 0. The first-order valence-electron chi connectivity index (χ1n) is 9.16. The molecule has 1 aliphatic carbocycles. The molecule has 1 aliphatic rings. The van der Waals surface area contributed by atoms with Gasteiger partial charge < -0.3 is 14.4 Å². The van der Waals surface area contributed by atoms with Crippen LogP contribution in [-0.4, -0.2) is 22.2 Å². The summed E-state index contributed by atoms with van der Waals surface area (Å²) < 4.78 is 8.00. The molecular weight excluding hydrogens is 326 g/mol. The van der Waals surface area contributed by atoms with Crippen LogP contribution in [-0.2, 0) is 24.2 Å². The largest absolute Gasteiger partial charge is 0.481 e. The molecule has 1 heterocycles. The molecule has 4 rings (SSSR count). The minimum atomic E-state index is -0.948. The van der Waals surface area contributed by atoms with Gasteiger partial charge in [-0.1, -0.05) is 30.3 Å². The smallest absolute Gasteiger partial charge is 0.341 e. The Hall–Kier alpha value is -2.75. The van der Waals surface area contributed by atoms with Crippen molar-refractivity contribution in [2.24, 2.45) is 0 Å². The van der Waals surface area contributed by atoms with Crippen LogP contribution >= 0.6 is 0 Å². The second-order valence-corrected chi connectivity index (χ2v) is 7.02. The third-order valence-corrected chi connectivity index (χ3v) is 5.21. The first-order valence-corrected chi connectivity index (χ1v) is 9.16. The summed E-state index contributed by atoms with van der Waals surface area (Å²) >= 11 is 0. The molecule has 2 aromatic carbocycles. The lowest BCUT2D eigenvalue weighted by molar-refractivity contribution is -0.139. The van der Waals surface area contributed by atoms with Crippen molar-refractivity contribution in [2.45, 2.75) is 39.2 Å². The van der Waals surface area contributed by atoms with Gasteiger partial charge in [0.1, 0.15) is 5.75 Å². The van der Waals surface area contributed by atoms with Gasteiger partial charge in [0.2, 0.25) is 0 Å². The van der Waals surface area contributed by atoms with Gasteiger partial charge >= 0.3 is 5.97 Å². The number of aliphatic carboxylic acids is 1. The molecule has 0 fully saturated rings. The SMILES string of the molecule is Cc1cc2c(OCC(=O)O)cc3c(c2n1Cc1ccccc1)CCCC3. The van der Waals surface area contributed by atoms with Crippen LogP contribution in [0, 0.1) is 6.92 Å². The molecule has 134 valence electrons. The van der Waals surface area contributed by atoms with E-state index in [1.165, 1.54) is 40.7 Å². The van der Waals surface area contributed by atoms with Crippen LogP contribution in [0.4, 0.5) is 0 Å². The maximum absolute atomic E-state index is 11.0. The third-order valence-electron chi connectivity index (χ3n) is 5.21. The summed E-state index contributed by atoms with van der Waals surface area (Å²) in [5.74, 6) is -0.255. The molecule has 1 aromatic heterocycles. The lowest BCUT2D eigenvalue weighted by Gasteiger charge is -2.21. The number of rotatable bonds is 5. The molecule has 0 saturated heterocycles. The van der Waals surface area contributed by atoms with Gasteiger partial charge in [-0.15, -0.1) is 0 Å². The maximum Gasteiger partial charge on any atom is 0.341 e.